The largest absolute Gasteiger partial charge is 0.493 e. The topological polar surface area (TPSA) is 149 Å². The van der Waals surface area contributed by atoms with Crippen LogP contribution in [0.4, 0.5) is 11.4 Å². The van der Waals surface area contributed by atoms with E-state index in [1.54, 1.807) is 14.2 Å². The first-order valence-corrected chi connectivity index (χ1v) is 21.4. The number of amides is 2. The highest BCUT2D eigenvalue weighted by Gasteiger charge is 2.23. The fourth-order valence-corrected chi connectivity index (χ4v) is 7.60. The maximum atomic E-state index is 12.5. The highest BCUT2D eigenvalue weighted by molar-refractivity contribution is 5.94. The first kappa shape index (κ1) is 47.8. The van der Waals surface area contributed by atoms with Crippen LogP contribution in [0.25, 0.3) is 0 Å². The van der Waals surface area contributed by atoms with E-state index in [2.05, 4.69) is 30.2 Å². The molecule has 0 aromatic heterocycles. The first-order valence-electron chi connectivity index (χ1n) is 21.4. The Balaban J connectivity index is 0.000000234. The van der Waals surface area contributed by atoms with Crippen LogP contribution < -0.4 is 29.6 Å². The summed E-state index contributed by atoms with van der Waals surface area (Å²) in [6, 6.07) is 26.8. The van der Waals surface area contributed by atoms with Crippen LogP contribution in [0.1, 0.15) is 22.3 Å². The van der Waals surface area contributed by atoms with Gasteiger partial charge < -0.3 is 39.8 Å². The number of carbonyl (C=O) groups is 2. The molecule has 6 rings (SSSR count). The summed E-state index contributed by atoms with van der Waals surface area (Å²) in [5.41, 5.74) is 6.10. The molecule has 0 saturated carbocycles. The molecule has 2 heterocycles. The van der Waals surface area contributed by atoms with Gasteiger partial charge in [-0.2, -0.15) is 0 Å². The van der Waals surface area contributed by atoms with Gasteiger partial charge in [0.25, 0.3) is 0 Å². The fourth-order valence-electron chi connectivity index (χ4n) is 7.60. The van der Waals surface area contributed by atoms with Crippen LogP contribution in [-0.2, 0) is 9.59 Å². The molecule has 2 aliphatic heterocycles. The van der Waals surface area contributed by atoms with Crippen molar-refractivity contribution in [2.24, 2.45) is 0 Å². The Labute approximate surface area is 367 Å². The number of piperazine rings is 2. The van der Waals surface area contributed by atoms with Crippen molar-refractivity contribution in [3.05, 3.63) is 107 Å². The molecule has 4 N–H and O–H groups in total. The van der Waals surface area contributed by atoms with Crippen LogP contribution in [0.5, 0.6) is 23.0 Å². The lowest BCUT2D eigenvalue weighted by Gasteiger charge is -2.35. The van der Waals surface area contributed by atoms with Crippen LogP contribution in [-0.4, -0.2) is 160 Å². The number of hydrogen-bond donors (Lipinski definition) is 4. The third kappa shape index (κ3) is 15.0. The van der Waals surface area contributed by atoms with Crippen LogP contribution >= 0.6 is 0 Å². The van der Waals surface area contributed by atoms with E-state index < -0.39 is 12.2 Å². The number of anilines is 2. The molecule has 0 aliphatic carbocycles. The second-order valence-corrected chi connectivity index (χ2v) is 16.0. The third-order valence-corrected chi connectivity index (χ3v) is 11.1. The number of aliphatic hydroxyl groups excluding tert-OH is 2. The number of rotatable bonds is 18. The number of ether oxygens (including phenoxy) is 4. The van der Waals surface area contributed by atoms with Gasteiger partial charge in [0.05, 0.1) is 27.3 Å². The Hall–Kier alpha value is -5.22. The average Bonchev–Trinajstić information content (AvgIpc) is 3.26. The molecule has 4 aromatic carbocycles. The summed E-state index contributed by atoms with van der Waals surface area (Å²) in [6.07, 6.45) is -1.19. The molecule has 2 atom stereocenters. The van der Waals surface area contributed by atoms with Crippen LogP contribution in [0.3, 0.4) is 0 Å². The molecule has 2 fully saturated rings. The zero-order valence-corrected chi connectivity index (χ0v) is 37.3. The minimum Gasteiger partial charge on any atom is -0.493 e. The summed E-state index contributed by atoms with van der Waals surface area (Å²) in [4.78, 5) is 33.7. The van der Waals surface area contributed by atoms with Crippen LogP contribution in [0.2, 0.25) is 0 Å². The predicted molar refractivity (Wildman–Crippen MR) is 244 cm³/mol. The Morgan fingerprint density at radius 2 is 0.806 bits per heavy atom. The lowest BCUT2D eigenvalue weighted by Crippen LogP contribution is -2.50. The summed E-state index contributed by atoms with van der Waals surface area (Å²) in [5.74, 6) is 2.59. The number of aryl methyl sites for hydroxylation is 4. The lowest BCUT2D eigenvalue weighted by molar-refractivity contribution is -0.118. The van der Waals surface area contributed by atoms with Gasteiger partial charge in [-0.3, -0.25) is 29.2 Å². The standard InChI is InChI=1S/2C24H33N3O4/c2*1-18-7-6-8-19(2)24(18)25-23(29)16-27-13-11-26(12-14-27)15-20(28)17-31-22-10-5-4-9-21(22)30-3/h2*4-10,20,28H,11-17H2,1-3H3,(H,25,29). The van der Waals surface area contributed by atoms with Gasteiger partial charge in [-0.15, -0.1) is 0 Å². The molecule has 0 spiro atoms. The second-order valence-electron chi connectivity index (χ2n) is 16.0. The van der Waals surface area contributed by atoms with E-state index in [9.17, 15) is 19.8 Å². The molecule has 2 saturated heterocycles. The smallest absolute Gasteiger partial charge is 0.238 e. The SMILES string of the molecule is COc1ccccc1OCC(O)CN1CCN(CC(=O)Nc2c(C)cccc2C)CC1.COc1ccccc1OCC(O)CN1CCN(CC(=O)Nc2c(C)cccc2C)CC1. The first-order chi connectivity index (χ1) is 29.9. The van der Waals surface area contributed by atoms with Crippen molar-refractivity contribution in [3.63, 3.8) is 0 Å². The van der Waals surface area contributed by atoms with Crippen LogP contribution in [0, 0.1) is 27.7 Å². The van der Waals surface area contributed by atoms with Crippen LogP contribution in [0.15, 0.2) is 84.9 Å². The van der Waals surface area contributed by atoms with Gasteiger partial charge in [0.2, 0.25) is 11.8 Å². The molecule has 2 unspecified atom stereocenters. The van der Waals surface area contributed by atoms with E-state index in [-0.39, 0.29) is 25.0 Å². The predicted octanol–water partition coefficient (Wildman–Crippen LogP) is 4.62. The van der Waals surface area contributed by atoms with Gasteiger partial charge >= 0.3 is 0 Å². The van der Waals surface area contributed by atoms with Crippen molar-refractivity contribution in [1.29, 1.82) is 0 Å². The summed E-state index contributed by atoms with van der Waals surface area (Å²) in [6.45, 7) is 16.7. The minimum atomic E-state index is -0.594. The van der Waals surface area contributed by atoms with Crippen molar-refractivity contribution in [1.82, 2.24) is 19.6 Å². The Bertz CT molecular complexity index is 1830. The van der Waals surface area contributed by atoms with Crippen molar-refractivity contribution in [2.45, 2.75) is 39.9 Å². The van der Waals surface area contributed by atoms with Gasteiger partial charge in [0, 0.05) is 76.8 Å². The quantitative estimate of drug-likeness (QED) is 0.111. The molecule has 0 radical (unpaired) electrons. The zero-order valence-electron chi connectivity index (χ0n) is 37.3. The molecule has 14 heteroatoms. The number of nitrogens with one attached hydrogen (secondary N) is 2. The molecule has 2 amide bonds. The summed E-state index contributed by atoms with van der Waals surface area (Å²) in [7, 11) is 3.20. The van der Waals surface area contributed by atoms with Crippen molar-refractivity contribution in [3.8, 4) is 23.0 Å². The summed E-state index contributed by atoms with van der Waals surface area (Å²) >= 11 is 0. The number of para-hydroxylation sites is 6. The minimum absolute atomic E-state index is 0.0103. The summed E-state index contributed by atoms with van der Waals surface area (Å²) in [5, 5.41) is 26.8. The summed E-state index contributed by atoms with van der Waals surface area (Å²) < 4.78 is 22.0. The zero-order chi connectivity index (χ0) is 44.4. The number of aliphatic hydroxyl groups is 2. The van der Waals surface area contributed by atoms with Gasteiger partial charge in [0.15, 0.2) is 23.0 Å². The number of benzene rings is 4. The monoisotopic (exact) mass is 854 g/mol. The molecule has 4 aromatic rings. The number of β-amino-alcohol motifs (C(OH)–C–C–N with tert-alkyl or cyclic N) is 2. The highest BCUT2D eigenvalue weighted by Crippen LogP contribution is 2.27. The fraction of sp³-hybridized carbons (Fsp3) is 0.458. The van der Waals surface area contributed by atoms with E-state index in [4.69, 9.17) is 18.9 Å². The second kappa shape index (κ2) is 24.4. The Kier molecular flexibility index (Phi) is 18.8. The van der Waals surface area contributed by atoms with Gasteiger partial charge in [-0.05, 0) is 74.2 Å². The van der Waals surface area contributed by atoms with E-state index in [1.165, 1.54) is 0 Å². The van der Waals surface area contributed by atoms with Crippen molar-refractivity contribution >= 4 is 23.2 Å². The maximum Gasteiger partial charge on any atom is 0.238 e. The van der Waals surface area contributed by atoms with E-state index in [0.29, 0.717) is 49.2 Å². The highest BCUT2D eigenvalue weighted by atomic mass is 16.5. The molecule has 2 aliphatic rings. The normalized spacial score (nSPS) is 16.0. The number of methoxy groups -OCH3 is 2. The molecular weight excluding hydrogens is 789 g/mol. The van der Waals surface area contributed by atoms with Crippen molar-refractivity contribution in [2.75, 3.05) is 117 Å². The van der Waals surface area contributed by atoms with Gasteiger partial charge in [-0.1, -0.05) is 60.7 Å². The van der Waals surface area contributed by atoms with E-state index >= 15 is 0 Å². The van der Waals surface area contributed by atoms with Crippen molar-refractivity contribution < 1.29 is 38.7 Å². The Morgan fingerprint density at radius 1 is 0.500 bits per heavy atom. The average molecular weight is 855 g/mol. The lowest BCUT2D eigenvalue weighted by atomic mass is 10.1. The number of nitrogens with zero attached hydrogens (tertiary/aromatic N) is 4. The third-order valence-electron chi connectivity index (χ3n) is 11.1. The molecular formula is C48H66N6O8. The maximum absolute atomic E-state index is 12.5. The molecule has 14 nitrogen and oxygen atoms in total. The van der Waals surface area contributed by atoms with E-state index in [0.717, 1.165) is 86.0 Å². The Morgan fingerprint density at radius 3 is 1.13 bits per heavy atom. The molecule has 62 heavy (non-hydrogen) atoms. The molecule has 0 bridgehead atoms. The van der Waals surface area contributed by atoms with E-state index in [1.807, 2.05) is 113 Å². The number of hydrogen-bond acceptors (Lipinski definition) is 12. The molecule has 336 valence electrons. The number of carbonyl (C=O) groups excluding carboxylic acids is 2. The van der Waals surface area contributed by atoms with Gasteiger partial charge in [0.1, 0.15) is 25.4 Å². The van der Waals surface area contributed by atoms with Gasteiger partial charge in [-0.25, -0.2) is 0 Å².